The zero-order chi connectivity index (χ0) is 15.6. The second kappa shape index (κ2) is 5.79. The smallest absolute Gasteiger partial charge is 0.337 e. The molecule has 0 unspecified atom stereocenters. The van der Waals surface area contributed by atoms with Crippen molar-refractivity contribution in [1.82, 2.24) is 4.31 Å². The average molecular weight is 312 g/mol. The lowest BCUT2D eigenvalue weighted by Crippen LogP contribution is -2.35. The van der Waals surface area contributed by atoms with Gasteiger partial charge in [-0.1, -0.05) is 0 Å². The number of nitrogens with zero attached hydrogens (tertiary/aromatic N) is 2. The third kappa shape index (κ3) is 3.20. The number of hydrogen-bond acceptors (Lipinski definition) is 4. The summed E-state index contributed by atoms with van der Waals surface area (Å²) >= 11 is 0. The van der Waals surface area contributed by atoms with Crippen LogP contribution in [0.3, 0.4) is 0 Å². The quantitative estimate of drug-likeness (QED) is 0.860. The minimum atomic E-state index is -4.15. The number of nitriles is 1. The van der Waals surface area contributed by atoms with E-state index in [1.165, 1.54) is 0 Å². The van der Waals surface area contributed by atoms with Crippen molar-refractivity contribution in [2.45, 2.75) is 30.2 Å². The van der Waals surface area contributed by atoms with Gasteiger partial charge < -0.3 is 5.11 Å². The summed E-state index contributed by atoms with van der Waals surface area (Å²) in [7, 11) is -4.15. The normalized spacial score (nSPS) is 14.9. The highest BCUT2D eigenvalue weighted by Crippen LogP contribution is 2.33. The zero-order valence-electron chi connectivity index (χ0n) is 11.0. The summed E-state index contributed by atoms with van der Waals surface area (Å²) in [4.78, 5) is 10.6. The lowest BCUT2D eigenvalue weighted by Gasteiger charge is -2.21. The number of carboxylic acid groups (broad SMARTS) is 1. The molecule has 1 saturated carbocycles. The van der Waals surface area contributed by atoms with E-state index in [1.807, 2.05) is 6.07 Å². The van der Waals surface area contributed by atoms with E-state index in [0.717, 1.165) is 16.4 Å². The SMILES string of the molecule is N#CCCN(C1CC1)S(=O)(=O)c1cc(F)ccc1C(=O)O. The minimum Gasteiger partial charge on any atom is -0.478 e. The molecule has 0 saturated heterocycles. The highest BCUT2D eigenvalue weighted by Gasteiger charge is 2.39. The molecular formula is C13H13FN2O4S. The lowest BCUT2D eigenvalue weighted by molar-refractivity contribution is 0.0692. The van der Waals surface area contributed by atoms with Crippen LogP contribution < -0.4 is 0 Å². The molecule has 0 bridgehead atoms. The molecule has 2 rings (SSSR count). The molecule has 6 nitrogen and oxygen atoms in total. The Hall–Kier alpha value is -1.98. The number of sulfonamides is 1. The van der Waals surface area contributed by atoms with E-state index in [1.54, 1.807) is 0 Å². The fourth-order valence-corrected chi connectivity index (χ4v) is 3.92. The maximum Gasteiger partial charge on any atom is 0.337 e. The molecule has 0 aliphatic heterocycles. The Bertz CT molecular complexity index is 707. The second-order valence-electron chi connectivity index (χ2n) is 4.70. The van der Waals surface area contributed by atoms with E-state index in [-0.39, 0.29) is 19.0 Å². The predicted octanol–water partition coefficient (Wildman–Crippen LogP) is 1.59. The predicted molar refractivity (Wildman–Crippen MR) is 70.5 cm³/mol. The number of rotatable bonds is 6. The van der Waals surface area contributed by atoms with E-state index in [9.17, 15) is 17.6 Å². The van der Waals surface area contributed by atoms with Crippen LogP contribution in [0.5, 0.6) is 0 Å². The van der Waals surface area contributed by atoms with Crippen LogP contribution in [0.2, 0.25) is 0 Å². The number of halogens is 1. The van der Waals surface area contributed by atoms with Gasteiger partial charge in [0.15, 0.2) is 0 Å². The van der Waals surface area contributed by atoms with Crippen molar-refractivity contribution in [3.05, 3.63) is 29.6 Å². The van der Waals surface area contributed by atoms with Gasteiger partial charge >= 0.3 is 5.97 Å². The summed E-state index contributed by atoms with van der Waals surface area (Å²) in [5, 5.41) is 17.7. The summed E-state index contributed by atoms with van der Waals surface area (Å²) in [5.41, 5.74) is -0.473. The monoisotopic (exact) mass is 312 g/mol. The molecule has 0 heterocycles. The Balaban J connectivity index is 2.49. The first-order chi connectivity index (χ1) is 9.87. The fourth-order valence-electron chi connectivity index (χ4n) is 2.03. The molecule has 0 aromatic heterocycles. The van der Waals surface area contributed by atoms with Gasteiger partial charge in [-0.2, -0.15) is 9.57 Å². The Morgan fingerprint density at radius 2 is 2.14 bits per heavy atom. The molecular weight excluding hydrogens is 299 g/mol. The van der Waals surface area contributed by atoms with E-state index < -0.39 is 32.3 Å². The van der Waals surface area contributed by atoms with Crippen molar-refractivity contribution in [1.29, 1.82) is 5.26 Å². The fraction of sp³-hybridized carbons (Fsp3) is 0.385. The van der Waals surface area contributed by atoms with E-state index in [0.29, 0.717) is 18.9 Å². The first kappa shape index (κ1) is 15.4. The molecule has 1 aliphatic rings. The van der Waals surface area contributed by atoms with Gasteiger partial charge in [-0.3, -0.25) is 0 Å². The number of hydrogen-bond donors (Lipinski definition) is 1. The Morgan fingerprint density at radius 1 is 1.48 bits per heavy atom. The Labute approximate surface area is 121 Å². The third-order valence-corrected chi connectivity index (χ3v) is 5.15. The topological polar surface area (TPSA) is 98.5 Å². The van der Waals surface area contributed by atoms with Crippen molar-refractivity contribution >= 4 is 16.0 Å². The third-order valence-electron chi connectivity index (χ3n) is 3.16. The maximum atomic E-state index is 13.3. The van der Waals surface area contributed by atoms with Gasteiger partial charge in [-0.25, -0.2) is 17.6 Å². The van der Waals surface area contributed by atoms with Crippen LogP contribution in [0.4, 0.5) is 4.39 Å². The molecule has 0 radical (unpaired) electrons. The number of benzene rings is 1. The molecule has 8 heteroatoms. The summed E-state index contributed by atoms with van der Waals surface area (Å²) in [6.45, 7) is -0.0287. The highest BCUT2D eigenvalue weighted by molar-refractivity contribution is 7.89. The molecule has 112 valence electrons. The van der Waals surface area contributed by atoms with Gasteiger partial charge in [0.25, 0.3) is 0 Å². The van der Waals surface area contributed by atoms with Gasteiger partial charge in [-0.05, 0) is 31.0 Å². The van der Waals surface area contributed by atoms with Gasteiger partial charge in [-0.15, -0.1) is 0 Å². The minimum absolute atomic E-state index is 0.00650. The van der Waals surface area contributed by atoms with Crippen LogP contribution in [-0.4, -0.2) is 36.4 Å². The molecule has 21 heavy (non-hydrogen) atoms. The van der Waals surface area contributed by atoms with Crippen LogP contribution in [-0.2, 0) is 10.0 Å². The van der Waals surface area contributed by atoms with Crippen molar-refractivity contribution in [3.63, 3.8) is 0 Å². The van der Waals surface area contributed by atoms with Crippen LogP contribution in [0.1, 0.15) is 29.6 Å². The van der Waals surface area contributed by atoms with Crippen LogP contribution in [0.15, 0.2) is 23.1 Å². The standard InChI is InChI=1S/C13H13FN2O4S/c14-9-2-5-11(13(17)18)12(8-9)21(19,20)16(7-1-6-15)10-3-4-10/h2,5,8,10H,1,3-4,7H2,(H,17,18). The molecule has 1 aliphatic carbocycles. The van der Waals surface area contributed by atoms with Gasteiger partial charge in [0.05, 0.1) is 16.5 Å². The van der Waals surface area contributed by atoms with Crippen LogP contribution in [0.25, 0.3) is 0 Å². The molecule has 1 N–H and O–H groups in total. The Kier molecular flexibility index (Phi) is 4.25. The summed E-state index contributed by atoms with van der Waals surface area (Å²) < 4.78 is 39.6. The number of aromatic carboxylic acids is 1. The second-order valence-corrected chi connectivity index (χ2v) is 6.56. The molecule has 0 spiro atoms. The van der Waals surface area contributed by atoms with Crippen molar-refractivity contribution in [2.24, 2.45) is 0 Å². The van der Waals surface area contributed by atoms with Crippen molar-refractivity contribution < 1.29 is 22.7 Å². The van der Waals surface area contributed by atoms with E-state index >= 15 is 0 Å². The van der Waals surface area contributed by atoms with Gasteiger partial charge in [0.2, 0.25) is 10.0 Å². The zero-order valence-corrected chi connectivity index (χ0v) is 11.8. The van der Waals surface area contributed by atoms with Crippen molar-refractivity contribution in [3.8, 4) is 6.07 Å². The molecule has 1 fully saturated rings. The molecule has 0 amide bonds. The first-order valence-electron chi connectivity index (χ1n) is 6.29. The van der Waals surface area contributed by atoms with Crippen LogP contribution >= 0.6 is 0 Å². The molecule has 1 aromatic rings. The first-order valence-corrected chi connectivity index (χ1v) is 7.73. The largest absolute Gasteiger partial charge is 0.478 e. The van der Waals surface area contributed by atoms with Gasteiger partial charge in [0.1, 0.15) is 5.82 Å². The number of carboxylic acids is 1. The summed E-state index contributed by atoms with van der Waals surface area (Å²) in [6.07, 6.45) is 1.30. The molecule has 1 aromatic carbocycles. The maximum absolute atomic E-state index is 13.3. The van der Waals surface area contributed by atoms with Crippen LogP contribution in [0, 0.1) is 17.1 Å². The highest BCUT2D eigenvalue weighted by atomic mass is 32.2. The number of carbonyl (C=O) groups is 1. The van der Waals surface area contributed by atoms with Crippen molar-refractivity contribution in [2.75, 3.05) is 6.54 Å². The average Bonchev–Trinajstić information content (AvgIpc) is 3.23. The van der Waals surface area contributed by atoms with E-state index in [4.69, 9.17) is 10.4 Å². The van der Waals surface area contributed by atoms with E-state index in [2.05, 4.69) is 0 Å². The lowest BCUT2D eigenvalue weighted by atomic mass is 10.2. The summed E-state index contributed by atoms with van der Waals surface area (Å²) in [5.74, 6) is -2.26. The molecule has 0 atom stereocenters. The van der Waals surface area contributed by atoms with Gasteiger partial charge in [0, 0.05) is 19.0 Å². The Morgan fingerprint density at radius 3 is 2.67 bits per heavy atom. The summed E-state index contributed by atoms with van der Waals surface area (Å²) in [6, 6.07) is 4.16.